The molecule has 3 saturated heterocycles. The summed E-state index contributed by atoms with van der Waals surface area (Å²) in [6, 6.07) is 23.1. The SMILES string of the molecule is Cc1ccccc1[C@@H]1CN(C)[C@@H](C)CN1C1CC2(CCN(c3ccc(C(=O)NS(=O)(=O)c4ccc(NCC5CCC(C)(O)CC5)c([N+](=O)[O-])c4)c(N4c5cc6cc[nH]c6nc5O[C@H]5COCC[C@@H]54)c3)CC2)C1. The van der Waals surface area contributed by atoms with Gasteiger partial charge in [0.05, 0.1) is 39.3 Å². The third-order valence-corrected chi connectivity index (χ3v) is 18.5. The van der Waals surface area contributed by atoms with Gasteiger partial charge in [-0.15, -0.1) is 0 Å². The van der Waals surface area contributed by atoms with E-state index in [4.69, 9.17) is 14.5 Å². The number of benzene rings is 3. The van der Waals surface area contributed by atoms with Gasteiger partial charge in [0.15, 0.2) is 0 Å². The fourth-order valence-corrected chi connectivity index (χ4v) is 13.6. The number of carbonyl (C=O) groups is 1. The van der Waals surface area contributed by atoms with Crippen molar-refractivity contribution in [3.8, 4) is 5.88 Å². The van der Waals surface area contributed by atoms with E-state index < -0.39 is 43.1 Å². The molecule has 5 aromatic rings. The number of hydrogen-bond donors (Lipinski definition) is 4. The molecule has 1 spiro atoms. The lowest BCUT2D eigenvalue weighted by Crippen LogP contribution is -2.61. The monoisotopic (exact) mass is 1000 g/mol. The predicted molar refractivity (Wildman–Crippen MR) is 277 cm³/mol. The van der Waals surface area contributed by atoms with Gasteiger partial charge < -0.3 is 39.6 Å². The first-order valence-corrected chi connectivity index (χ1v) is 27.3. The van der Waals surface area contributed by atoms with E-state index in [0.29, 0.717) is 80.0 Å². The molecule has 6 heterocycles. The Morgan fingerprint density at radius 1 is 0.986 bits per heavy atom. The molecular weight excluding hydrogens is 935 g/mol. The fourth-order valence-electron chi connectivity index (χ4n) is 12.6. The van der Waals surface area contributed by atoms with Crippen LogP contribution in [0.5, 0.6) is 5.88 Å². The molecule has 0 bridgehead atoms. The van der Waals surface area contributed by atoms with E-state index in [9.17, 15) is 28.4 Å². The minimum atomic E-state index is -4.62. The number of anilines is 4. The third-order valence-electron chi connectivity index (χ3n) is 17.2. The number of H-pyrrole nitrogens is 1. The van der Waals surface area contributed by atoms with Gasteiger partial charge in [0, 0.05) is 80.8 Å². The average molecular weight is 1000 g/mol. The van der Waals surface area contributed by atoms with E-state index in [0.717, 1.165) is 69.0 Å². The minimum absolute atomic E-state index is 0.119. The van der Waals surface area contributed by atoms with Crippen molar-refractivity contribution in [2.24, 2.45) is 11.3 Å². The Balaban J connectivity index is 0.868. The number of likely N-dealkylation sites (N-methyl/N-ethyl adjacent to an activating group) is 1. The van der Waals surface area contributed by atoms with Gasteiger partial charge in [-0.05, 0) is 151 Å². The molecule has 3 aromatic carbocycles. The van der Waals surface area contributed by atoms with Crippen LogP contribution < -0.4 is 24.6 Å². The maximum atomic E-state index is 14.7. The van der Waals surface area contributed by atoms with Gasteiger partial charge in [-0.1, -0.05) is 24.3 Å². The molecule has 5 fully saturated rings. The molecule has 4 N–H and O–H groups in total. The van der Waals surface area contributed by atoms with E-state index in [1.807, 2.05) is 37.4 Å². The van der Waals surface area contributed by atoms with E-state index >= 15 is 0 Å². The number of aromatic nitrogens is 2. The molecule has 0 radical (unpaired) electrons. The van der Waals surface area contributed by atoms with Crippen LogP contribution in [0.4, 0.5) is 28.4 Å². The quantitative estimate of drug-likeness (QED) is 0.0732. The summed E-state index contributed by atoms with van der Waals surface area (Å²) in [6.45, 7) is 11.3. The van der Waals surface area contributed by atoms with Gasteiger partial charge in [-0.3, -0.25) is 19.8 Å². The molecule has 382 valence electrons. The zero-order valence-electron chi connectivity index (χ0n) is 41.7. The molecule has 2 aliphatic carbocycles. The first kappa shape index (κ1) is 48.5. The van der Waals surface area contributed by atoms with Crippen LogP contribution in [0.1, 0.15) is 99.2 Å². The third kappa shape index (κ3) is 9.29. The van der Waals surface area contributed by atoms with Crippen molar-refractivity contribution in [1.29, 1.82) is 0 Å². The lowest BCUT2D eigenvalue weighted by atomic mass is 9.59. The van der Waals surface area contributed by atoms with E-state index in [2.05, 4.69) is 79.8 Å². The standard InChI is InChI=1S/C54H67N9O8S/c1-34-7-5-6-8-41(34)48-32-59(4)35(2)31-61(48)39-28-54(29-39)19-22-60(23-20-54)38-9-11-42(45(26-38)62-44-16-24-70-33-49(44)71-52-47(62)25-37-15-21-55-50(37)57-52)51(64)58-72(68,69)40-10-12-43(46(27-40)63(66)67)56-30-36-13-17-53(3,65)18-14-36/h5-12,15,21,25-27,35-36,39,44,48-49,56,65H,13-14,16-20,22-24,28-33H2,1-4H3,(H,55,57)(H,58,64)/t35-,36?,44-,48-,49-,53?/m0/s1. The maximum Gasteiger partial charge on any atom is 0.293 e. The maximum absolute atomic E-state index is 14.7. The molecule has 4 atom stereocenters. The number of piperazine rings is 1. The zero-order valence-corrected chi connectivity index (χ0v) is 42.5. The molecule has 0 unspecified atom stereocenters. The number of amides is 1. The number of hydrogen-bond acceptors (Lipinski definition) is 14. The highest BCUT2D eigenvalue weighted by Gasteiger charge is 2.51. The second-order valence-electron chi connectivity index (χ2n) is 22.0. The van der Waals surface area contributed by atoms with Crippen molar-refractivity contribution >= 4 is 55.4 Å². The molecule has 6 aliphatic rings. The Kier molecular flexibility index (Phi) is 12.7. The van der Waals surface area contributed by atoms with E-state index in [1.165, 1.54) is 36.1 Å². The Hall–Kier alpha value is -5.79. The normalized spacial score (nSPS) is 26.9. The van der Waals surface area contributed by atoms with Crippen LogP contribution in [-0.2, 0) is 14.8 Å². The Morgan fingerprint density at radius 2 is 1.76 bits per heavy atom. The Morgan fingerprint density at radius 3 is 2.53 bits per heavy atom. The number of ether oxygens (including phenoxy) is 2. The number of aryl methyl sites for hydroxylation is 1. The summed E-state index contributed by atoms with van der Waals surface area (Å²) in [5.74, 6) is -0.303. The number of pyridine rings is 1. The predicted octanol–water partition coefficient (Wildman–Crippen LogP) is 8.07. The average Bonchev–Trinajstić information content (AvgIpc) is 3.82. The number of fused-ring (bicyclic) bond motifs is 3. The highest BCUT2D eigenvalue weighted by atomic mass is 32.2. The van der Waals surface area contributed by atoms with E-state index in [1.54, 1.807) is 6.07 Å². The lowest BCUT2D eigenvalue weighted by molar-refractivity contribution is -0.384. The first-order chi connectivity index (χ1) is 34.5. The van der Waals surface area contributed by atoms with Gasteiger partial charge in [-0.25, -0.2) is 13.1 Å². The molecule has 4 aliphatic heterocycles. The second-order valence-corrected chi connectivity index (χ2v) is 23.7. The lowest BCUT2D eigenvalue weighted by Gasteiger charge is -2.59. The Labute approximate surface area is 421 Å². The van der Waals surface area contributed by atoms with Gasteiger partial charge in [0.1, 0.15) is 23.1 Å². The summed E-state index contributed by atoms with van der Waals surface area (Å²) in [7, 11) is -2.37. The van der Waals surface area contributed by atoms with E-state index in [-0.39, 0.29) is 28.6 Å². The number of nitro benzene ring substituents is 1. The summed E-state index contributed by atoms with van der Waals surface area (Å²) in [4.78, 5) is 43.9. The number of nitro groups is 1. The summed E-state index contributed by atoms with van der Waals surface area (Å²) in [5.41, 5.74) is 4.92. The summed E-state index contributed by atoms with van der Waals surface area (Å²) < 4.78 is 43.1. The van der Waals surface area contributed by atoms with Crippen molar-refractivity contribution in [2.45, 2.75) is 119 Å². The van der Waals surface area contributed by atoms with Crippen LogP contribution in [0.2, 0.25) is 0 Å². The molecule has 1 amide bonds. The summed E-state index contributed by atoms with van der Waals surface area (Å²) >= 11 is 0. The first-order valence-electron chi connectivity index (χ1n) is 25.8. The smallest absolute Gasteiger partial charge is 0.293 e. The van der Waals surface area contributed by atoms with Crippen LogP contribution in [-0.4, -0.2) is 127 Å². The number of nitrogens with zero attached hydrogens (tertiary/aromatic N) is 6. The summed E-state index contributed by atoms with van der Waals surface area (Å²) in [5, 5.41) is 26.8. The van der Waals surface area contributed by atoms with Gasteiger partial charge >= 0.3 is 0 Å². The van der Waals surface area contributed by atoms with Crippen molar-refractivity contribution in [2.75, 3.05) is 68.1 Å². The zero-order chi connectivity index (χ0) is 50.1. The van der Waals surface area contributed by atoms with Crippen LogP contribution >= 0.6 is 0 Å². The number of rotatable bonds is 11. The number of carbonyl (C=O) groups excluding carboxylic acids is 1. The number of aromatic amines is 1. The van der Waals surface area contributed by atoms with Crippen molar-refractivity contribution < 1.29 is 32.7 Å². The van der Waals surface area contributed by atoms with Crippen LogP contribution in [0.3, 0.4) is 0 Å². The number of nitrogens with one attached hydrogen (secondary N) is 3. The molecule has 72 heavy (non-hydrogen) atoms. The van der Waals surface area contributed by atoms with Crippen LogP contribution in [0, 0.1) is 28.4 Å². The Bertz CT molecular complexity index is 2970. The van der Waals surface area contributed by atoms with Gasteiger partial charge in [-0.2, -0.15) is 4.98 Å². The number of sulfonamides is 1. The molecule has 2 saturated carbocycles. The van der Waals surface area contributed by atoms with Crippen molar-refractivity contribution in [1.82, 2.24) is 24.5 Å². The van der Waals surface area contributed by atoms with Crippen molar-refractivity contribution in [3.05, 3.63) is 106 Å². The minimum Gasteiger partial charge on any atom is -0.468 e. The van der Waals surface area contributed by atoms with Crippen LogP contribution in [0.15, 0.2) is 83.9 Å². The van der Waals surface area contributed by atoms with Gasteiger partial charge in [0.25, 0.3) is 21.6 Å². The second kappa shape index (κ2) is 18.9. The molecule has 11 rings (SSSR count). The molecular formula is C54H67N9O8S. The highest BCUT2D eigenvalue weighted by Crippen LogP contribution is 2.54. The molecule has 18 heteroatoms. The highest BCUT2D eigenvalue weighted by molar-refractivity contribution is 7.90. The number of aliphatic hydroxyl groups is 1. The van der Waals surface area contributed by atoms with Gasteiger partial charge in [0.2, 0.25) is 5.88 Å². The van der Waals surface area contributed by atoms with Crippen LogP contribution in [0.25, 0.3) is 11.0 Å². The fraction of sp³-hybridized carbons (Fsp3) is 0.519. The largest absolute Gasteiger partial charge is 0.468 e. The summed E-state index contributed by atoms with van der Waals surface area (Å²) in [6.07, 6.45) is 9.18. The number of piperidine rings is 1. The topological polar surface area (TPSA) is 199 Å². The van der Waals surface area contributed by atoms with Crippen molar-refractivity contribution in [3.63, 3.8) is 0 Å². The molecule has 2 aromatic heterocycles. The molecule has 17 nitrogen and oxygen atoms in total.